The van der Waals surface area contributed by atoms with Crippen molar-refractivity contribution in [1.82, 2.24) is 10.2 Å². The zero-order chi connectivity index (χ0) is 17.8. The second-order valence-corrected chi connectivity index (χ2v) is 6.85. The van der Waals surface area contributed by atoms with Crippen molar-refractivity contribution in [1.29, 1.82) is 5.26 Å². The molecule has 0 spiro atoms. The summed E-state index contributed by atoms with van der Waals surface area (Å²) in [5.74, 6) is -0.149. The molecule has 5 nitrogen and oxygen atoms in total. The highest BCUT2D eigenvalue weighted by atomic mass is 16.3. The highest BCUT2D eigenvalue weighted by molar-refractivity contribution is 5.77. The molecule has 1 aliphatic heterocycles. The summed E-state index contributed by atoms with van der Waals surface area (Å²) in [7, 11) is 0. The number of benzene rings is 1. The first-order valence-corrected chi connectivity index (χ1v) is 9.01. The van der Waals surface area contributed by atoms with Gasteiger partial charge in [0.25, 0.3) is 0 Å². The molecule has 0 bridgehead atoms. The number of allylic oxidation sites excluding steroid dienone is 1. The van der Waals surface area contributed by atoms with Crippen molar-refractivity contribution in [2.75, 3.05) is 6.61 Å². The highest BCUT2D eigenvalue weighted by Gasteiger charge is 2.51. The van der Waals surface area contributed by atoms with Gasteiger partial charge in [-0.2, -0.15) is 5.26 Å². The standard InChI is InChI=1S/C20H25N3O2/c1-2-5-14-8-10-15(11-9-14)19-17(12-21)23(18(19)13-24)20(25)22-16-6-3-4-7-16/h2,5,8-11,16-19,24H,3-4,6-7,13H2,1H3,(H,22,25)/b5-2+/t17-,18+,19+/m0/s1. The number of nitriles is 1. The minimum atomic E-state index is -0.536. The van der Waals surface area contributed by atoms with E-state index in [1.165, 1.54) is 4.90 Å². The molecule has 5 heteroatoms. The number of rotatable bonds is 4. The highest BCUT2D eigenvalue weighted by Crippen LogP contribution is 2.40. The molecule has 1 saturated heterocycles. The maximum atomic E-state index is 12.6. The summed E-state index contributed by atoms with van der Waals surface area (Å²) in [6, 6.07) is 9.31. The van der Waals surface area contributed by atoms with E-state index in [0.29, 0.717) is 0 Å². The number of urea groups is 1. The molecule has 0 unspecified atom stereocenters. The first-order chi connectivity index (χ1) is 12.2. The van der Waals surface area contributed by atoms with Gasteiger partial charge >= 0.3 is 6.03 Å². The number of hydrogen-bond acceptors (Lipinski definition) is 3. The number of nitrogens with zero attached hydrogens (tertiary/aromatic N) is 2. The van der Waals surface area contributed by atoms with Crippen LogP contribution in [0.3, 0.4) is 0 Å². The Kier molecular flexibility index (Phi) is 5.40. The van der Waals surface area contributed by atoms with Crippen LogP contribution >= 0.6 is 0 Å². The molecule has 2 N–H and O–H groups in total. The van der Waals surface area contributed by atoms with Crippen LogP contribution in [-0.2, 0) is 0 Å². The molecule has 3 atom stereocenters. The zero-order valence-electron chi connectivity index (χ0n) is 14.6. The number of nitrogens with one attached hydrogen (secondary N) is 1. The van der Waals surface area contributed by atoms with Gasteiger partial charge in [0.1, 0.15) is 6.04 Å². The predicted octanol–water partition coefficient (Wildman–Crippen LogP) is 3.02. The van der Waals surface area contributed by atoms with Gasteiger partial charge in [-0.1, -0.05) is 49.3 Å². The quantitative estimate of drug-likeness (QED) is 0.885. The van der Waals surface area contributed by atoms with E-state index in [4.69, 9.17) is 0 Å². The molecule has 1 heterocycles. The van der Waals surface area contributed by atoms with Crippen LogP contribution in [0.5, 0.6) is 0 Å². The Labute approximate surface area is 148 Å². The summed E-state index contributed by atoms with van der Waals surface area (Å²) in [6.45, 7) is 1.83. The Balaban J connectivity index is 1.74. The van der Waals surface area contributed by atoms with Gasteiger partial charge < -0.3 is 15.3 Å². The lowest BCUT2D eigenvalue weighted by Gasteiger charge is -2.51. The topological polar surface area (TPSA) is 76.4 Å². The van der Waals surface area contributed by atoms with Gasteiger partial charge in [-0.05, 0) is 30.9 Å². The van der Waals surface area contributed by atoms with Crippen molar-refractivity contribution in [2.45, 2.75) is 56.7 Å². The molecule has 2 amide bonds. The third kappa shape index (κ3) is 3.40. The van der Waals surface area contributed by atoms with E-state index in [1.54, 1.807) is 0 Å². The summed E-state index contributed by atoms with van der Waals surface area (Å²) in [5, 5.41) is 22.4. The van der Waals surface area contributed by atoms with Crippen molar-refractivity contribution in [2.24, 2.45) is 0 Å². The number of aliphatic hydroxyl groups excluding tert-OH is 1. The molecule has 1 saturated carbocycles. The molecule has 132 valence electrons. The third-order valence-electron chi connectivity index (χ3n) is 5.33. The van der Waals surface area contributed by atoms with Gasteiger partial charge in [0.05, 0.1) is 18.7 Å². The predicted molar refractivity (Wildman–Crippen MR) is 96.8 cm³/mol. The Morgan fingerprint density at radius 1 is 1.36 bits per heavy atom. The summed E-state index contributed by atoms with van der Waals surface area (Å²) in [4.78, 5) is 14.1. The first-order valence-electron chi connectivity index (χ1n) is 9.01. The average molecular weight is 339 g/mol. The van der Waals surface area contributed by atoms with Crippen molar-refractivity contribution in [3.05, 3.63) is 41.5 Å². The van der Waals surface area contributed by atoms with Gasteiger partial charge in [-0.25, -0.2) is 4.79 Å². The van der Waals surface area contributed by atoms with Crippen LogP contribution < -0.4 is 5.32 Å². The number of amides is 2. The lowest BCUT2D eigenvalue weighted by atomic mass is 9.76. The number of carbonyl (C=O) groups excluding carboxylic acids is 1. The monoisotopic (exact) mass is 339 g/mol. The van der Waals surface area contributed by atoms with Gasteiger partial charge in [-0.15, -0.1) is 0 Å². The normalized spacial score (nSPS) is 26.4. The Morgan fingerprint density at radius 3 is 2.60 bits per heavy atom. The molecule has 1 aromatic rings. The molecule has 1 aromatic carbocycles. The summed E-state index contributed by atoms with van der Waals surface area (Å²) >= 11 is 0. The minimum absolute atomic E-state index is 0.141. The van der Waals surface area contributed by atoms with Crippen LogP contribution in [0.1, 0.15) is 49.7 Å². The fraction of sp³-hybridized carbons (Fsp3) is 0.500. The van der Waals surface area contributed by atoms with Gasteiger partial charge in [0.15, 0.2) is 0 Å². The SMILES string of the molecule is C/C=C/c1ccc([C@H]2[C@@H](CO)N(C(=O)NC3CCCC3)[C@H]2C#N)cc1. The van der Waals surface area contributed by atoms with Crippen LogP contribution in [0.2, 0.25) is 0 Å². The maximum Gasteiger partial charge on any atom is 0.319 e. The number of likely N-dealkylation sites (tertiary alicyclic amines) is 1. The van der Waals surface area contributed by atoms with Crippen LogP contribution in [0, 0.1) is 11.3 Å². The second-order valence-electron chi connectivity index (χ2n) is 6.85. The average Bonchev–Trinajstić information content (AvgIpc) is 3.09. The molecule has 2 aliphatic rings. The fourth-order valence-electron chi connectivity index (χ4n) is 4.03. The van der Waals surface area contributed by atoms with Crippen LogP contribution in [-0.4, -0.2) is 40.8 Å². The number of aliphatic hydroxyl groups is 1. The Bertz CT molecular complexity index is 671. The van der Waals surface area contributed by atoms with Gasteiger partial charge in [0, 0.05) is 12.0 Å². The van der Waals surface area contributed by atoms with Crippen molar-refractivity contribution < 1.29 is 9.90 Å². The van der Waals surface area contributed by atoms with E-state index in [1.807, 2.05) is 43.3 Å². The Morgan fingerprint density at radius 2 is 2.04 bits per heavy atom. The zero-order valence-corrected chi connectivity index (χ0v) is 14.6. The Hall–Kier alpha value is -2.32. The summed E-state index contributed by atoms with van der Waals surface area (Å²) in [6.07, 6.45) is 8.25. The van der Waals surface area contributed by atoms with E-state index in [2.05, 4.69) is 11.4 Å². The maximum absolute atomic E-state index is 12.6. The molecule has 0 aromatic heterocycles. The molecule has 0 radical (unpaired) electrons. The molecule has 1 aliphatic carbocycles. The molecular weight excluding hydrogens is 314 g/mol. The molecule has 25 heavy (non-hydrogen) atoms. The lowest BCUT2D eigenvalue weighted by molar-refractivity contribution is 0.0158. The van der Waals surface area contributed by atoms with Crippen molar-refractivity contribution >= 4 is 12.1 Å². The fourth-order valence-corrected chi connectivity index (χ4v) is 4.03. The largest absolute Gasteiger partial charge is 0.394 e. The van der Waals surface area contributed by atoms with Crippen LogP contribution in [0.15, 0.2) is 30.3 Å². The second kappa shape index (κ2) is 7.71. The van der Waals surface area contributed by atoms with Crippen LogP contribution in [0.4, 0.5) is 4.79 Å². The van der Waals surface area contributed by atoms with E-state index in [-0.39, 0.29) is 30.6 Å². The van der Waals surface area contributed by atoms with Crippen molar-refractivity contribution in [3.63, 3.8) is 0 Å². The van der Waals surface area contributed by atoms with E-state index >= 15 is 0 Å². The molecule has 2 fully saturated rings. The van der Waals surface area contributed by atoms with Gasteiger partial charge in [-0.3, -0.25) is 0 Å². The van der Waals surface area contributed by atoms with E-state index in [0.717, 1.165) is 36.8 Å². The summed E-state index contributed by atoms with van der Waals surface area (Å²) in [5.41, 5.74) is 2.08. The third-order valence-corrected chi connectivity index (χ3v) is 5.33. The van der Waals surface area contributed by atoms with Crippen molar-refractivity contribution in [3.8, 4) is 6.07 Å². The van der Waals surface area contributed by atoms with E-state index in [9.17, 15) is 15.2 Å². The summed E-state index contributed by atoms with van der Waals surface area (Å²) < 4.78 is 0. The minimum Gasteiger partial charge on any atom is -0.394 e. The molecule has 3 rings (SSSR count). The van der Waals surface area contributed by atoms with Crippen LogP contribution in [0.25, 0.3) is 6.08 Å². The number of carbonyl (C=O) groups is 1. The first kappa shape index (κ1) is 17.5. The van der Waals surface area contributed by atoms with E-state index < -0.39 is 6.04 Å². The lowest BCUT2D eigenvalue weighted by Crippen LogP contribution is -2.67. The number of hydrogen-bond donors (Lipinski definition) is 2. The molecular formula is C20H25N3O2. The van der Waals surface area contributed by atoms with Gasteiger partial charge in [0.2, 0.25) is 0 Å². The smallest absolute Gasteiger partial charge is 0.319 e.